The molecule has 2 aromatic rings. The van der Waals surface area contributed by atoms with Crippen LogP contribution in [0.15, 0.2) is 24.3 Å². The summed E-state index contributed by atoms with van der Waals surface area (Å²) in [5.74, 6) is 1.19. The third kappa shape index (κ3) is 6.76. The zero-order valence-corrected chi connectivity index (χ0v) is 20.1. The quantitative estimate of drug-likeness (QED) is 0.584. The fraction of sp³-hybridized carbons (Fsp3) is 0.560. The lowest BCUT2D eigenvalue weighted by Crippen LogP contribution is -2.34. The number of aromatic nitrogens is 2. The number of benzene rings is 1. The number of fused-ring (bicyclic) bond motifs is 1. The molecule has 1 saturated carbocycles. The van der Waals surface area contributed by atoms with E-state index in [-0.39, 0.29) is 11.6 Å². The van der Waals surface area contributed by atoms with Gasteiger partial charge in [-0.1, -0.05) is 6.07 Å². The lowest BCUT2D eigenvalue weighted by Gasteiger charge is -2.30. The number of rotatable bonds is 7. The highest BCUT2D eigenvalue weighted by molar-refractivity contribution is 5.94. The molecule has 1 heterocycles. The number of anilines is 2. The molecule has 1 amide bonds. The molecule has 7 nitrogen and oxygen atoms in total. The zero-order valence-electron chi connectivity index (χ0n) is 20.1. The Bertz CT molecular complexity index is 1040. The Hall–Kier alpha value is -3.04. The highest BCUT2D eigenvalue weighted by atomic mass is 19.4. The summed E-state index contributed by atoms with van der Waals surface area (Å²) in [6, 6.07) is 5.39. The molecule has 190 valence electrons. The Labute approximate surface area is 203 Å². The van der Waals surface area contributed by atoms with Crippen molar-refractivity contribution < 1.29 is 22.7 Å². The Morgan fingerprint density at radius 2 is 1.86 bits per heavy atom. The Morgan fingerprint density at radius 1 is 1.11 bits per heavy atom. The molecule has 2 aliphatic rings. The van der Waals surface area contributed by atoms with Crippen LogP contribution >= 0.6 is 0 Å². The fourth-order valence-corrected chi connectivity index (χ4v) is 4.88. The second-order valence-corrected chi connectivity index (χ2v) is 9.55. The minimum Gasteiger partial charge on any atom is -0.406 e. The Balaban J connectivity index is 1.27. The van der Waals surface area contributed by atoms with E-state index in [1.54, 1.807) is 0 Å². The van der Waals surface area contributed by atoms with Crippen LogP contribution in [0.4, 0.5) is 24.9 Å². The molecule has 0 aliphatic heterocycles. The van der Waals surface area contributed by atoms with Gasteiger partial charge in [-0.05, 0) is 75.5 Å². The first-order valence-corrected chi connectivity index (χ1v) is 12.2. The van der Waals surface area contributed by atoms with Gasteiger partial charge in [0.1, 0.15) is 11.6 Å². The molecule has 1 aromatic carbocycles. The maximum atomic E-state index is 12.4. The number of nitrogens with one attached hydrogen (secondary N) is 2. The van der Waals surface area contributed by atoms with E-state index in [4.69, 9.17) is 9.97 Å². The molecule has 35 heavy (non-hydrogen) atoms. The largest absolute Gasteiger partial charge is 0.573 e. The maximum absolute atomic E-state index is 12.4. The highest BCUT2D eigenvalue weighted by Gasteiger charge is 2.31. The van der Waals surface area contributed by atoms with E-state index in [0.717, 1.165) is 62.5 Å². The van der Waals surface area contributed by atoms with Crippen molar-refractivity contribution in [2.24, 2.45) is 5.92 Å². The monoisotopic (exact) mass is 491 g/mol. The van der Waals surface area contributed by atoms with Crippen molar-refractivity contribution >= 4 is 17.7 Å². The van der Waals surface area contributed by atoms with Crippen molar-refractivity contribution in [2.75, 3.05) is 30.9 Å². The first-order chi connectivity index (χ1) is 16.7. The molecular formula is C25H32F3N5O2. The molecule has 1 aromatic heterocycles. The van der Waals surface area contributed by atoms with E-state index in [9.17, 15) is 18.0 Å². The molecular weight excluding hydrogens is 459 g/mol. The Morgan fingerprint density at radius 3 is 2.57 bits per heavy atom. The van der Waals surface area contributed by atoms with Gasteiger partial charge < -0.3 is 20.3 Å². The van der Waals surface area contributed by atoms with E-state index in [2.05, 4.69) is 20.3 Å². The summed E-state index contributed by atoms with van der Waals surface area (Å²) in [5.41, 5.74) is 2.56. The summed E-state index contributed by atoms with van der Waals surface area (Å²) >= 11 is 0. The number of aryl methyl sites for hydroxylation is 1. The van der Waals surface area contributed by atoms with Gasteiger partial charge in [-0.2, -0.15) is 4.98 Å². The number of carbonyl (C=O) groups is 1. The van der Waals surface area contributed by atoms with Crippen LogP contribution < -0.4 is 20.3 Å². The SMILES string of the molecule is CN(C)c1nc(NC2CCC(CNC(=O)c3cccc(OC(F)(F)F)c3)CC2)nc2c1CCCC2. The maximum Gasteiger partial charge on any atom is 0.573 e. The average molecular weight is 492 g/mol. The van der Waals surface area contributed by atoms with Gasteiger partial charge in [-0.3, -0.25) is 4.79 Å². The lowest BCUT2D eigenvalue weighted by atomic mass is 9.86. The predicted molar refractivity (Wildman–Crippen MR) is 128 cm³/mol. The van der Waals surface area contributed by atoms with Crippen molar-refractivity contribution in [3.63, 3.8) is 0 Å². The molecule has 0 unspecified atom stereocenters. The first kappa shape index (κ1) is 25.1. The summed E-state index contributed by atoms with van der Waals surface area (Å²) < 4.78 is 41.2. The van der Waals surface area contributed by atoms with E-state index >= 15 is 0 Å². The van der Waals surface area contributed by atoms with Crippen molar-refractivity contribution in [3.8, 4) is 5.75 Å². The molecule has 0 radical (unpaired) electrons. The molecule has 10 heteroatoms. The number of hydrogen-bond acceptors (Lipinski definition) is 6. The second-order valence-electron chi connectivity index (χ2n) is 9.55. The predicted octanol–water partition coefficient (Wildman–Crippen LogP) is 4.72. The normalized spacial score (nSPS) is 20.0. The van der Waals surface area contributed by atoms with Gasteiger partial charge in [0.05, 0.1) is 5.69 Å². The van der Waals surface area contributed by atoms with Crippen molar-refractivity contribution in [1.29, 1.82) is 0 Å². The second kappa shape index (κ2) is 10.7. The van der Waals surface area contributed by atoms with E-state index in [0.29, 0.717) is 18.4 Å². The van der Waals surface area contributed by atoms with Gasteiger partial charge >= 0.3 is 6.36 Å². The first-order valence-electron chi connectivity index (χ1n) is 12.2. The van der Waals surface area contributed by atoms with Gasteiger partial charge in [0.2, 0.25) is 5.95 Å². The third-order valence-corrected chi connectivity index (χ3v) is 6.65. The van der Waals surface area contributed by atoms with E-state index in [1.165, 1.54) is 30.2 Å². The van der Waals surface area contributed by atoms with Crippen LogP contribution in [0, 0.1) is 5.92 Å². The number of hydrogen-bond donors (Lipinski definition) is 2. The molecule has 2 aliphatic carbocycles. The summed E-state index contributed by atoms with van der Waals surface area (Å²) in [5, 5.41) is 6.37. The lowest BCUT2D eigenvalue weighted by molar-refractivity contribution is -0.274. The minimum atomic E-state index is -4.79. The van der Waals surface area contributed by atoms with Crippen molar-refractivity contribution in [2.45, 2.75) is 63.8 Å². The van der Waals surface area contributed by atoms with Crippen molar-refractivity contribution in [3.05, 3.63) is 41.1 Å². The summed E-state index contributed by atoms with van der Waals surface area (Å²) in [4.78, 5) is 24.1. The third-order valence-electron chi connectivity index (χ3n) is 6.65. The summed E-state index contributed by atoms with van der Waals surface area (Å²) in [7, 11) is 4.03. The number of alkyl halides is 3. The van der Waals surface area contributed by atoms with Gasteiger partial charge in [0.25, 0.3) is 5.91 Å². The fourth-order valence-electron chi connectivity index (χ4n) is 4.88. The minimum absolute atomic E-state index is 0.142. The standard InChI is InChI=1S/C25H32F3N5O2/c1-33(2)22-20-8-3-4-9-21(20)31-24(32-22)30-18-12-10-16(11-13-18)15-29-23(34)17-6-5-7-19(14-17)35-25(26,27)28/h5-7,14,16,18H,3-4,8-13,15H2,1-2H3,(H,29,34)(H,30,31,32). The van der Waals surface area contributed by atoms with Crippen LogP contribution in [-0.4, -0.2) is 48.9 Å². The Kier molecular flexibility index (Phi) is 7.66. The van der Waals surface area contributed by atoms with Crippen molar-refractivity contribution in [1.82, 2.24) is 15.3 Å². The van der Waals surface area contributed by atoms with Crippen LogP contribution in [0.25, 0.3) is 0 Å². The molecule has 0 saturated heterocycles. The molecule has 2 N–H and O–H groups in total. The average Bonchev–Trinajstić information content (AvgIpc) is 2.82. The van der Waals surface area contributed by atoms with Crippen LogP contribution in [-0.2, 0) is 12.8 Å². The summed E-state index contributed by atoms with van der Waals surface area (Å²) in [6.45, 7) is 0.482. The molecule has 0 bridgehead atoms. The van der Waals surface area contributed by atoms with Crippen LogP contribution in [0.3, 0.4) is 0 Å². The molecule has 4 rings (SSSR count). The number of ether oxygens (including phenoxy) is 1. The van der Waals surface area contributed by atoms with Gasteiger partial charge in [0.15, 0.2) is 0 Å². The molecule has 1 fully saturated rings. The van der Waals surface area contributed by atoms with Crippen LogP contribution in [0.1, 0.15) is 60.1 Å². The van der Waals surface area contributed by atoms with Crippen LogP contribution in [0.5, 0.6) is 5.75 Å². The summed E-state index contributed by atoms with van der Waals surface area (Å²) in [6.07, 6.45) is 3.30. The highest BCUT2D eigenvalue weighted by Crippen LogP contribution is 2.30. The van der Waals surface area contributed by atoms with Gasteiger partial charge in [-0.15, -0.1) is 13.2 Å². The van der Waals surface area contributed by atoms with E-state index < -0.39 is 18.0 Å². The smallest absolute Gasteiger partial charge is 0.406 e. The van der Waals surface area contributed by atoms with Gasteiger partial charge in [-0.25, -0.2) is 4.98 Å². The number of carbonyl (C=O) groups excluding carboxylic acids is 1. The topological polar surface area (TPSA) is 79.4 Å². The van der Waals surface area contributed by atoms with E-state index in [1.807, 2.05) is 14.1 Å². The van der Waals surface area contributed by atoms with Crippen LogP contribution in [0.2, 0.25) is 0 Å². The number of nitrogens with zero attached hydrogens (tertiary/aromatic N) is 3. The zero-order chi connectivity index (χ0) is 25.0. The molecule has 0 spiro atoms. The molecule has 0 atom stereocenters. The number of halogens is 3. The van der Waals surface area contributed by atoms with Gasteiger partial charge in [0, 0.05) is 37.8 Å². The number of amides is 1.